The molecule has 2 aliphatic heterocycles. The summed E-state index contributed by atoms with van der Waals surface area (Å²) in [7, 11) is 0. The van der Waals surface area contributed by atoms with Crippen molar-refractivity contribution in [2.45, 2.75) is 25.9 Å². The lowest BCUT2D eigenvalue weighted by molar-refractivity contribution is -0.135. The summed E-state index contributed by atoms with van der Waals surface area (Å²) in [6.07, 6.45) is 6.67. The van der Waals surface area contributed by atoms with Crippen LogP contribution < -0.4 is 0 Å². The molecule has 0 spiro atoms. The number of carbonyl (C=O) groups excluding carboxylic acids is 2. The number of aromatic nitrogens is 2. The van der Waals surface area contributed by atoms with Crippen LogP contribution in [-0.4, -0.2) is 69.2 Å². The molecule has 2 amide bonds. The third-order valence-corrected chi connectivity index (χ3v) is 5.67. The summed E-state index contributed by atoms with van der Waals surface area (Å²) in [4.78, 5) is 40.0. The van der Waals surface area contributed by atoms with Crippen molar-refractivity contribution < 1.29 is 9.59 Å². The molecule has 0 unspecified atom stereocenters. The van der Waals surface area contributed by atoms with Crippen LogP contribution in [0.1, 0.15) is 24.1 Å². The Morgan fingerprint density at radius 1 is 1.03 bits per heavy atom. The van der Waals surface area contributed by atoms with Crippen molar-refractivity contribution in [3.63, 3.8) is 0 Å². The molecule has 1 atom stereocenters. The largest absolute Gasteiger partial charge is 0.341 e. The number of hydrogen-bond acceptors (Lipinski definition) is 5. The normalized spacial score (nSPS) is 20.7. The van der Waals surface area contributed by atoms with Crippen LogP contribution in [0.25, 0.3) is 0 Å². The van der Waals surface area contributed by atoms with Gasteiger partial charge in [-0.3, -0.25) is 24.5 Å². The molecule has 152 valence electrons. The molecule has 29 heavy (non-hydrogen) atoms. The maximum Gasteiger partial charge on any atom is 0.228 e. The second-order valence-corrected chi connectivity index (χ2v) is 7.81. The van der Waals surface area contributed by atoms with Gasteiger partial charge in [-0.1, -0.05) is 12.1 Å². The molecule has 4 heterocycles. The Balaban J connectivity index is 1.31. The molecular weight excluding hydrogens is 366 g/mol. The fourth-order valence-corrected chi connectivity index (χ4v) is 4.14. The van der Waals surface area contributed by atoms with E-state index >= 15 is 0 Å². The van der Waals surface area contributed by atoms with Gasteiger partial charge in [-0.25, -0.2) is 0 Å². The number of pyridine rings is 2. The minimum absolute atomic E-state index is 0.0435. The van der Waals surface area contributed by atoms with Gasteiger partial charge in [0.05, 0.1) is 18.2 Å². The Morgan fingerprint density at radius 3 is 2.76 bits per heavy atom. The predicted octanol–water partition coefficient (Wildman–Crippen LogP) is 1.56. The van der Waals surface area contributed by atoms with E-state index in [1.165, 1.54) is 5.56 Å². The summed E-state index contributed by atoms with van der Waals surface area (Å²) in [5, 5.41) is 0. The summed E-state index contributed by atoms with van der Waals surface area (Å²) in [5.41, 5.74) is 2.05. The molecule has 0 N–H and O–H groups in total. The predicted molar refractivity (Wildman–Crippen MR) is 108 cm³/mol. The average Bonchev–Trinajstić information content (AvgIpc) is 2.96. The van der Waals surface area contributed by atoms with Gasteiger partial charge >= 0.3 is 0 Å². The molecule has 2 saturated heterocycles. The molecule has 2 aliphatic rings. The summed E-state index contributed by atoms with van der Waals surface area (Å²) >= 11 is 0. The lowest BCUT2D eigenvalue weighted by Gasteiger charge is -2.24. The van der Waals surface area contributed by atoms with E-state index in [2.05, 4.69) is 20.9 Å². The summed E-state index contributed by atoms with van der Waals surface area (Å²) in [5.74, 6) is -0.0804. The number of amides is 2. The zero-order valence-electron chi connectivity index (χ0n) is 16.6. The highest BCUT2D eigenvalue weighted by Gasteiger charge is 2.36. The van der Waals surface area contributed by atoms with E-state index in [0.29, 0.717) is 26.1 Å². The number of nitrogens with zero attached hydrogens (tertiary/aromatic N) is 5. The van der Waals surface area contributed by atoms with Gasteiger partial charge in [-0.05, 0) is 30.2 Å². The van der Waals surface area contributed by atoms with Gasteiger partial charge in [0, 0.05) is 64.3 Å². The van der Waals surface area contributed by atoms with Crippen molar-refractivity contribution in [3.05, 3.63) is 60.2 Å². The summed E-state index contributed by atoms with van der Waals surface area (Å²) < 4.78 is 0. The lowest BCUT2D eigenvalue weighted by atomic mass is 10.1. The van der Waals surface area contributed by atoms with E-state index in [4.69, 9.17) is 0 Å². The fourth-order valence-electron chi connectivity index (χ4n) is 4.14. The van der Waals surface area contributed by atoms with Gasteiger partial charge in [0.2, 0.25) is 11.8 Å². The topological polar surface area (TPSA) is 69.6 Å². The van der Waals surface area contributed by atoms with Crippen LogP contribution in [0.3, 0.4) is 0 Å². The van der Waals surface area contributed by atoms with Crippen LogP contribution in [0, 0.1) is 5.92 Å². The molecule has 2 aromatic rings. The van der Waals surface area contributed by atoms with E-state index in [-0.39, 0.29) is 17.7 Å². The molecule has 0 aliphatic carbocycles. The molecule has 0 radical (unpaired) electrons. The highest BCUT2D eigenvalue weighted by molar-refractivity contribution is 5.89. The van der Waals surface area contributed by atoms with E-state index in [1.807, 2.05) is 35.4 Å². The Labute approximate surface area is 171 Å². The van der Waals surface area contributed by atoms with Crippen LogP contribution in [0.4, 0.5) is 0 Å². The number of likely N-dealkylation sites (tertiary alicyclic amines) is 1. The van der Waals surface area contributed by atoms with Gasteiger partial charge in [-0.2, -0.15) is 0 Å². The standard InChI is InChI=1S/C22H27N5O2/c28-21-13-19(16-27(21)17-20-6-1-2-8-24-20)22(29)26-10-4-9-25(11-12-26)15-18-5-3-7-23-14-18/h1-3,5-8,14,19H,4,9-13,15-17H2/t19-/m0/s1. The summed E-state index contributed by atoms with van der Waals surface area (Å²) in [6.45, 7) is 5.10. The zero-order valence-corrected chi connectivity index (χ0v) is 16.6. The van der Waals surface area contributed by atoms with Gasteiger partial charge < -0.3 is 9.80 Å². The first kappa shape index (κ1) is 19.5. The summed E-state index contributed by atoms with van der Waals surface area (Å²) in [6, 6.07) is 9.73. The zero-order chi connectivity index (χ0) is 20.1. The average molecular weight is 393 g/mol. The first-order valence-corrected chi connectivity index (χ1v) is 10.3. The van der Waals surface area contributed by atoms with Crippen molar-refractivity contribution >= 4 is 11.8 Å². The van der Waals surface area contributed by atoms with E-state index in [9.17, 15) is 9.59 Å². The molecule has 0 bridgehead atoms. The van der Waals surface area contributed by atoms with Gasteiger partial charge in [0.25, 0.3) is 0 Å². The smallest absolute Gasteiger partial charge is 0.228 e. The number of carbonyl (C=O) groups is 2. The van der Waals surface area contributed by atoms with Crippen molar-refractivity contribution in [2.24, 2.45) is 5.92 Å². The molecular formula is C22H27N5O2. The first-order valence-electron chi connectivity index (χ1n) is 10.3. The second-order valence-electron chi connectivity index (χ2n) is 7.81. The maximum absolute atomic E-state index is 13.1. The Kier molecular flexibility index (Phi) is 6.14. The van der Waals surface area contributed by atoms with Gasteiger partial charge in [0.15, 0.2) is 0 Å². The van der Waals surface area contributed by atoms with Crippen molar-refractivity contribution in [2.75, 3.05) is 32.7 Å². The first-order chi connectivity index (χ1) is 14.2. The van der Waals surface area contributed by atoms with Gasteiger partial charge in [-0.15, -0.1) is 0 Å². The third kappa shape index (κ3) is 4.98. The molecule has 2 aromatic heterocycles. The lowest BCUT2D eigenvalue weighted by Crippen LogP contribution is -2.39. The molecule has 2 fully saturated rings. The van der Waals surface area contributed by atoms with Crippen LogP contribution in [0.15, 0.2) is 48.9 Å². The van der Waals surface area contributed by atoms with Crippen molar-refractivity contribution in [1.82, 2.24) is 24.7 Å². The van der Waals surface area contributed by atoms with Crippen LogP contribution >= 0.6 is 0 Å². The van der Waals surface area contributed by atoms with Crippen LogP contribution in [0.2, 0.25) is 0 Å². The highest BCUT2D eigenvalue weighted by Crippen LogP contribution is 2.22. The van der Waals surface area contributed by atoms with Crippen LogP contribution in [0.5, 0.6) is 0 Å². The number of rotatable bonds is 5. The molecule has 4 rings (SSSR count). The van der Waals surface area contributed by atoms with Gasteiger partial charge in [0.1, 0.15) is 0 Å². The van der Waals surface area contributed by atoms with E-state index in [0.717, 1.165) is 38.3 Å². The minimum atomic E-state index is -0.240. The second kappa shape index (κ2) is 9.13. The Morgan fingerprint density at radius 2 is 1.97 bits per heavy atom. The molecule has 0 aromatic carbocycles. The minimum Gasteiger partial charge on any atom is -0.341 e. The van der Waals surface area contributed by atoms with Crippen molar-refractivity contribution in [1.29, 1.82) is 0 Å². The quantitative estimate of drug-likeness (QED) is 0.771. The Hall–Kier alpha value is -2.80. The monoisotopic (exact) mass is 393 g/mol. The van der Waals surface area contributed by atoms with E-state index in [1.54, 1.807) is 17.3 Å². The van der Waals surface area contributed by atoms with E-state index < -0.39 is 0 Å². The molecule has 7 heteroatoms. The van der Waals surface area contributed by atoms with Crippen molar-refractivity contribution in [3.8, 4) is 0 Å². The highest BCUT2D eigenvalue weighted by atomic mass is 16.2. The maximum atomic E-state index is 13.1. The fraction of sp³-hybridized carbons (Fsp3) is 0.455. The molecule has 7 nitrogen and oxygen atoms in total. The van der Waals surface area contributed by atoms with Crippen LogP contribution in [-0.2, 0) is 22.7 Å². The third-order valence-electron chi connectivity index (χ3n) is 5.67. The number of hydrogen-bond donors (Lipinski definition) is 0. The Bertz CT molecular complexity index is 830. The molecule has 0 saturated carbocycles. The SMILES string of the molecule is O=C1C[C@H](C(=O)N2CCCN(Cc3cccnc3)CC2)CN1Cc1ccccn1.